The van der Waals surface area contributed by atoms with Crippen molar-refractivity contribution in [3.8, 4) is 11.3 Å². The van der Waals surface area contributed by atoms with E-state index in [9.17, 15) is 14.7 Å². The van der Waals surface area contributed by atoms with Crippen LogP contribution < -0.4 is 0 Å². The molecule has 35 heavy (non-hydrogen) atoms. The molecule has 4 rings (SSSR count). The molecule has 0 spiro atoms. The van der Waals surface area contributed by atoms with Crippen molar-refractivity contribution in [3.63, 3.8) is 0 Å². The number of benzene rings is 2. The fourth-order valence-electron chi connectivity index (χ4n) is 4.38. The molecule has 2 N–H and O–H groups in total. The molecule has 0 unspecified atom stereocenters. The molecule has 7 heteroatoms. The number of hydrogen-bond acceptors (Lipinski definition) is 5. The first-order valence-electron chi connectivity index (χ1n) is 12.0. The molecule has 0 aliphatic carbocycles. The molecule has 2 atom stereocenters. The Balaban J connectivity index is 1.30. The van der Waals surface area contributed by atoms with Crippen LogP contribution in [0.3, 0.4) is 0 Å². The van der Waals surface area contributed by atoms with Crippen molar-refractivity contribution in [3.05, 3.63) is 72.3 Å². The number of amides is 1. The predicted molar refractivity (Wildman–Crippen MR) is 139 cm³/mol. The summed E-state index contributed by atoms with van der Waals surface area (Å²) in [4.78, 5) is 24.8. The highest BCUT2D eigenvalue weighted by atomic mass is 32.2. The molecule has 0 bridgehead atoms. The lowest BCUT2D eigenvalue weighted by molar-refractivity contribution is -0.137. The lowest BCUT2D eigenvalue weighted by Crippen LogP contribution is -2.34. The van der Waals surface area contributed by atoms with Gasteiger partial charge >= 0.3 is 5.97 Å². The lowest BCUT2D eigenvalue weighted by Gasteiger charge is -2.22. The van der Waals surface area contributed by atoms with Gasteiger partial charge in [0, 0.05) is 42.5 Å². The molecular weight excluding hydrogens is 462 g/mol. The maximum absolute atomic E-state index is 12.3. The van der Waals surface area contributed by atoms with Crippen LogP contribution in [-0.2, 0) is 16.0 Å². The van der Waals surface area contributed by atoms with Gasteiger partial charge in [-0.3, -0.25) is 9.59 Å². The van der Waals surface area contributed by atoms with Crippen LogP contribution in [0.4, 0.5) is 0 Å². The molecule has 1 aliphatic heterocycles. The Morgan fingerprint density at radius 1 is 1.17 bits per heavy atom. The number of hydrogen-bond donors (Lipinski definition) is 2. The van der Waals surface area contributed by atoms with E-state index in [2.05, 4.69) is 0 Å². The molecule has 1 aliphatic rings. The molecule has 1 amide bonds. The SMILES string of the molecule is O=C(O)CCCSCCN1C(=O)CC[C@@H]1C=C[C@@H](O)Cc1cccc(-c2cc3ccccc3o2)c1. The van der Waals surface area contributed by atoms with Gasteiger partial charge in [-0.05, 0) is 42.4 Å². The van der Waals surface area contributed by atoms with E-state index in [4.69, 9.17) is 9.52 Å². The van der Waals surface area contributed by atoms with Gasteiger partial charge in [0.15, 0.2) is 0 Å². The zero-order valence-corrected chi connectivity index (χ0v) is 20.5. The van der Waals surface area contributed by atoms with Crippen molar-refractivity contribution in [2.45, 2.75) is 44.2 Å². The first-order chi connectivity index (χ1) is 17.0. The van der Waals surface area contributed by atoms with Crippen LogP contribution in [0.25, 0.3) is 22.3 Å². The van der Waals surface area contributed by atoms with Crippen LogP contribution in [0.2, 0.25) is 0 Å². The van der Waals surface area contributed by atoms with Crippen LogP contribution in [0.5, 0.6) is 0 Å². The fourth-order valence-corrected chi connectivity index (χ4v) is 5.26. The van der Waals surface area contributed by atoms with Crippen LogP contribution in [-0.4, -0.2) is 57.2 Å². The number of carbonyl (C=O) groups is 2. The molecule has 6 nitrogen and oxygen atoms in total. The van der Waals surface area contributed by atoms with Crippen LogP contribution >= 0.6 is 11.8 Å². The monoisotopic (exact) mass is 493 g/mol. The van der Waals surface area contributed by atoms with Gasteiger partial charge in [-0.25, -0.2) is 0 Å². The molecular formula is C28H31NO5S. The molecule has 2 aromatic carbocycles. The van der Waals surface area contributed by atoms with E-state index in [1.54, 1.807) is 17.8 Å². The second-order valence-electron chi connectivity index (χ2n) is 8.81. The van der Waals surface area contributed by atoms with Crippen molar-refractivity contribution in [1.29, 1.82) is 0 Å². The van der Waals surface area contributed by atoms with Gasteiger partial charge in [-0.1, -0.05) is 48.6 Å². The Kier molecular flexibility index (Phi) is 8.66. The number of aliphatic hydroxyl groups is 1. The summed E-state index contributed by atoms with van der Waals surface area (Å²) in [6.45, 7) is 0.640. The highest BCUT2D eigenvalue weighted by molar-refractivity contribution is 7.99. The van der Waals surface area contributed by atoms with Gasteiger partial charge in [-0.2, -0.15) is 11.8 Å². The molecule has 1 saturated heterocycles. The summed E-state index contributed by atoms with van der Waals surface area (Å²) in [6, 6.07) is 18.0. The summed E-state index contributed by atoms with van der Waals surface area (Å²) in [5, 5.41) is 20.4. The summed E-state index contributed by atoms with van der Waals surface area (Å²) in [5.74, 6) is 1.73. The van der Waals surface area contributed by atoms with Crippen molar-refractivity contribution in [2.75, 3.05) is 18.1 Å². The van der Waals surface area contributed by atoms with E-state index in [1.807, 2.05) is 65.6 Å². The van der Waals surface area contributed by atoms with Crippen LogP contribution in [0.15, 0.2) is 71.2 Å². The highest BCUT2D eigenvalue weighted by Gasteiger charge is 2.28. The third-order valence-corrected chi connectivity index (χ3v) is 7.22. The summed E-state index contributed by atoms with van der Waals surface area (Å²) < 4.78 is 5.97. The summed E-state index contributed by atoms with van der Waals surface area (Å²) in [6.07, 6.45) is 5.68. The van der Waals surface area contributed by atoms with Crippen molar-refractivity contribution < 1.29 is 24.2 Å². The average molecular weight is 494 g/mol. The Bertz CT molecular complexity index is 1150. The minimum Gasteiger partial charge on any atom is -0.481 e. The number of aliphatic hydroxyl groups excluding tert-OH is 1. The molecule has 2 heterocycles. The summed E-state index contributed by atoms with van der Waals surface area (Å²) in [7, 11) is 0. The lowest BCUT2D eigenvalue weighted by atomic mass is 10.0. The third-order valence-electron chi connectivity index (χ3n) is 6.17. The van der Waals surface area contributed by atoms with Crippen LogP contribution in [0.1, 0.15) is 31.2 Å². The van der Waals surface area contributed by atoms with Gasteiger partial charge in [0.25, 0.3) is 0 Å². The van der Waals surface area contributed by atoms with E-state index < -0.39 is 12.1 Å². The Hall–Kier alpha value is -3.03. The standard InChI is InChI=1S/C28H31NO5S/c30-24(12-10-23-11-13-27(31)29(23)14-16-35-15-4-9-28(32)33)18-20-5-3-7-21(17-20)26-19-22-6-1-2-8-25(22)34-26/h1-3,5-8,10,12,17,19,23-24,30H,4,9,11,13-16,18H2,(H,32,33)/t23-,24+/m0/s1. The average Bonchev–Trinajstić information content (AvgIpc) is 3.43. The second-order valence-corrected chi connectivity index (χ2v) is 10.0. The number of aliphatic carboxylic acids is 1. The number of thioether (sulfide) groups is 1. The zero-order valence-electron chi connectivity index (χ0n) is 19.6. The third kappa shape index (κ3) is 6.99. The number of rotatable bonds is 12. The van der Waals surface area contributed by atoms with Crippen molar-refractivity contribution in [1.82, 2.24) is 4.90 Å². The van der Waals surface area contributed by atoms with E-state index in [1.165, 1.54) is 0 Å². The highest BCUT2D eigenvalue weighted by Crippen LogP contribution is 2.28. The van der Waals surface area contributed by atoms with E-state index in [-0.39, 0.29) is 18.4 Å². The molecule has 0 radical (unpaired) electrons. The molecule has 0 saturated carbocycles. The van der Waals surface area contributed by atoms with E-state index in [0.29, 0.717) is 25.8 Å². The van der Waals surface area contributed by atoms with Gasteiger partial charge in [-0.15, -0.1) is 0 Å². The molecule has 184 valence electrons. The first-order valence-corrected chi connectivity index (χ1v) is 13.2. The van der Waals surface area contributed by atoms with Crippen LogP contribution in [0, 0.1) is 0 Å². The maximum Gasteiger partial charge on any atom is 0.303 e. The topological polar surface area (TPSA) is 91.0 Å². The predicted octanol–water partition coefficient (Wildman–Crippen LogP) is 5.15. The molecule has 1 fully saturated rings. The zero-order chi connectivity index (χ0) is 24.6. The number of fused-ring (bicyclic) bond motifs is 1. The van der Waals surface area contributed by atoms with Gasteiger partial charge < -0.3 is 19.5 Å². The molecule has 1 aromatic heterocycles. The maximum atomic E-state index is 12.3. The number of furan rings is 1. The van der Waals surface area contributed by atoms with E-state index in [0.717, 1.165) is 45.8 Å². The van der Waals surface area contributed by atoms with Gasteiger partial charge in [0.1, 0.15) is 11.3 Å². The smallest absolute Gasteiger partial charge is 0.303 e. The summed E-state index contributed by atoms with van der Waals surface area (Å²) in [5.41, 5.74) is 2.84. The second kappa shape index (κ2) is 12.1. The Morgan fingerprint density at radius 2 is 2.03 bits per heavy atom. The fraction of sp³-hybridized carbons (Fsp3) is 0.357. The number of para-hydroxylation sites is 1. The number of carboxylic acids is 1. The quantitative estimate of drug-likeness (QED) is 0.268. The summed E-state index contributed by atoms with van der Waals surface area (Å²) >= 11 is 1.67. The molecule has 3 aromatic rings. The first kappa shape index (κ1) is 25.1. The minimum absolute atomic E-state index is 0.00125. The minimum atomic E-state index is -0.773. The number of carboxylic acid groups (broad SMARTS) is 1. The van der Waals surface area contributed by atoms with Gasteiger partial charge in [0.05, 0.1) is 12.1 Å². The number of likely N-dealkylation sites (tertiary alicyclic amines) is 1. The van der Waals surface area contributed by atoms with E-state index >= 15 is 0 Å². The van der Waals surface area contributed by atoms with Crippen molar-refractivity contribution >= 4 is 34.6 Å². The number of nitrogens with zero attached hydrogens (tertiary/aromatic N) is 1. The Morgan fingerprint density at radius 3 is 2.86 bits per heavy atom. The van der Waals surface area contributed by atoms with Crippen molar-refractivity contribution in [2.24, 2.45) is 0 Å². The Labute approximate surface area is 209 Å². The van der Waals surface area contributed by atoms with Gasteiger partial charge in [0.2, 0.25) is 5.91 Å². The number of carbonyl (C=O) groups excluding carboxylic acids is 1. The largest absolute Gasteiger partial charge is 0.481 e. The normalized spacial score (nSPS) is 17.0.